The summed E-state index contributed by atoms with van der Waals surface area (Å²) in [4.78, 5) is 11.9. The average Bonchev–Trinajstić information content (AvgIpc) is 2.55. The maximum absolute atomic E-state index is 12.9. The first-order valence-electron chi connectivity index (χ1n) is 7.11. The van der Waals surface area contributed by atoms with E-state index in [1.54, 1.807) is 24.3 Å². The first kappa shape index (κ1) is 17.3. The molecule has 0 radical (unpaired) electrons. The van der Waals surface area contributed by atoms with Gasteiger partial charge in [0.25, 0.3) is 0 Å². The number of nitriles is 1. The molecule has 0 aliphatic rings. The van der Waals surface area contributed by atoms with Crippen LogP contribution in [0.1, 0.15) is 17.5 Å². The molecule has 0 heterocycles. The summed E-state index contributed by atoms with van der Waals surface area (Å²) < 4.78 is 38.6. The Morgan fingerprint density at radius 2 is 1.67 bits per heavy atom. The summed E-state index contributed by atoms with van der Waals surface area (Å²) in [5.41, 5.74) is -0.155. The van der Waals surface area contributed by atoms with Gasteiger partial charge in [-0.3, -0.25) is 4.79 Å². The van der Waals surface area contributed by atoms with Crippen LogP contribution in [0, 0.1) is 11.3 Å². The smallest absolute Gasteiger partial charge is 0.383 e. The number of alkyl halides is 3. The van der Waals surface area contributed by atoms with Gasteiger partial charge in [0.15, 0.2) is 0 Å². The van der Waals surface area contributed by atoms with E-state index < -0.39 is 17.6 Å². The quantitative estimate of drug-likeness (QED) is 0.869. The topological polar surface area (TPSA) is 64.9 Å². The lowest BCUT2D eigenvalue weighted by atomic mass is 10.1. The van der Waals surface area contributed by atoms with Crippen LogP contribution in [-0.2, 0) is 11.0 Å². The van der Waals surface area contributed by atoms with Crippen molar-refractivity contribution in [3.63, 3.8) is 0 Å². The van der Waals surface area contributed by atoms with Crippen molar-refractivity contribution >= 4 is 17.3 Å². The first-order valence-corrected chi connectivity index (χ1v) is 7.11. The van der Waals surface area contributed by atoms with Crippen LogP contribution in [0.3, 0.4) is 0 Å². The lowest BCUT2D eigenvalue weighted by Gasteiger charge is -2.14. The van der Waals surface area contributed by atoms with E-state index in [0.717, 1.165) is 6.07 Å². The van der Waals surface area contributed by atoms with Gasteiger partial charge in [-0.05, 0) is 24.3 Å². The van der Waals surface area contributed by atoms with E-state index in [2.05, 4.69) is 10.6 Å². The van der Waals surface area contributed by atoms with Gasteiger partial charge < -0.3 is 10.6 Å². The number of rotatable bonds is 5. The number of carbonyl (C=O) groups is 1. The van der Waals surface area contributed by atoms with E-state index in [9.17, 15) is 18.0 Å². The van der Waals surface area contributed by atoms with Crippen molar-refractivity contribution in [3.05, 3.63) is 59.7 Å². The lowest BCUT2D eigenvalue weighted by molar-refractivity contribution is -0.137. The predicted molar refractivity (Wildman–Crippen MR) is 84.3 cm³/mol. The molecule has 0 aliphatic heterocycles. The van der Waals surface area contributed by atoms with Gasteiger partial charge in [0.1, 0.15) is 6.07 Å². The summed E-state index contributed by atoms with van der Waals surface area (Å²) >= 11 is 0. The second-order valence-corrected chi connectivity index (χ2v) is 4.93. The Labute approximate surface area is 136 Å². The Bertz CT molecular complexity index is 766. The summed E-state index contributed by atoms with van der Waals surface area (Å²) in [6, 6.07) is 13.6. The van der Waals surface area contributed by atoms with E-state index in [1.807, 2.05) is 6.07 Å². The number of para-hydroxylation sites is 2. The number of anilines is 2. The van der Waals surface area contributed by atoms with Gasteiger partial charge in [0.05, 0.1) is 22.5 Å². The van der Waals surface area contributed by atoms with Crippen LogP contribution in [0.15, 0.2) is 48.5 Å². The van der Waals surface area contributed by atoms with Crippen molar-refractivity contribution in [2.45, 2.75) is 12.6 Å². The largest absolute Gasteiger partial charge is 0.418 e. The van der Waals surface area contributed by atoms with Crippen molar-refractivity contribution in [1.29, 1.82) is 5.26 Å². The van der Waals surface area contributed by atoms with Crippen molar-refractivity contribution in [2.24, 2.45) is 0 Å². The number of hydrogen-bond acceptors (Lipinski definition) is 3. The molecule has 4 nitrogen and oxygen atoms in total. The third-order valence-corrected chi connectivity index (χ3v) is 3.22. The molecule has 2 N–H and O–H groups in total. The van der Waals surface area contributed by atoms with Gasteiger partial charge in [-0.15, -0.1) is 0 Å². The number of hydrogen-bond donors (Lipinski definition) is 2. The second-order valence-electron chi connectivity index (χ2n) is 4.93. The highest BCUT2D eigenvalue weighted by molar-refractivity contribution is 5.91. The van der Waals surface area contributed by atoms with Crippen LogP contribution in [0.5, 0.6) is 0 Å². The first-order chi connectivity index (χ1) is 11.4. The monoisotopic (exact) mass is 333 g/mol. The van der Waals surface area contributed by atoms with E-state index in [0.29, 0.717) is 11.3 Å². The van der Waals surface area contributed by atoms with Gasteiger partial charge >= 0.3 is 6.18 Å². The van der Waals surface area contributed by atoms with Gasteiger partial charge in [0.2, 0.25) is 5.91 Å². The van der Waals surface area contributed by atoms with Crippen LogP contribution in [-0.4, -0.2) is 12.5 Å². The zero-order valence-electron chi connectivity index (χ0n) is 12.5. The third kappa shape index (κ3) is 4.49. The molecule has 0 saturated heterocycles. The highest BCUT2D eigenvalue weighted by Crippen LogP contribution is 2.34. The number of halogens is 3. The zero-order chi connectivity index (χ0) is 17.6. The molecule has 7 heteroatoms. The van der Waals surface area contributed by atoms with Gasteiger partial charge in [-0.2, -0.15) is 18.4 Å². The van der Waals surface area contributed by atoms with Crippen LogP contribution < -0.4 is 10.6 Å². The predicted octanol–water partition coefficient (Wildman–Crippen LogP) is 4.02. The van der Waals surface area contributed by atoms with Crippen molar-refractivity contribution in [3.8, 4) is 6.07 Å². The summed E-state index contributed by atoms with van der Waals surface area (Å²) in [5, 5.41) is 14.1. The molecular weight excluding hydrogens is 319 g/mol. The zero-order valence-corrected chi connectivity index (χ0v) is 12.5. The highest BCUT2D eigenvalue weighted by Gasteiger charge is 2.33. The van der Waals surface area contributed by atoms with Crippen molar-refractivity contribution in [2.75, 3.05) is 17.2 Å². The Balaban J connectivity index is 1.94. The molecule has 24 heavy (non-hydrogen) atoms. The summed E-state index contributed by atoms with van der Waals surface area (Å²) in [6.45, 7) is 0.193. The molecule has 2 aromatic carbocycles. The van der Waals surface area contributed by atoms with E-state index in [-0.39, 0.29) is 18.7 Å². The maximum atomic E-state index is 12.9. The van der Waals surface area contributed by atoms with Gasteiger partial charge in [0, 0.05) is 13.0 Å². The fraction of sp³-hybridized carbons (Fsp3) is 0.176. The molecule has 0 bridgehead atoms. The van der Waals surface area contributed by atoms with Gasteiger partial charge in [-0.25, -0.2) is 0 Å². The molecule has 0 unspecified atom stereocenters. The standard InChI is InChI=1S/C17H14F3N3O/c18-17(19,20)13-6-2-4-8-15(13)23-16(24)9-10-22-14-7-3-1-5-12(14)11-21/h1-8,22H,9-10H2,(H,23,24). The molecule has 124 valence electrons. The molecule has 0 atom stereocenters. The van der Waals surface area contributed by atoms with E-state index in [4.69, 9.17) is 5.26 Å². The minimum atomic E-state index is -4.53. The fourth-order valence-electron chi connectivity index (χ4n) is 2.10. The van der Waals surface area contributed by atoms with Crippen molar-refractivity contribution < 1.29 is 18.0 Å². The molecule has 0 spiro atoms. The number of nitrogens with zero attached hydrogens (tertiary/aromatic N) is 1. The number of nitrogens with one attached hydrogen (secondary N) is 2. The van der Waals surface area contributed by atoms with Crippen LogP contribution >= 0.6 is 0 Å². The number of carbonyl (C=O) groups excluding carboxylic acids is 1. The molecule has 2 rings (SSSR count). The lowest BCUT2D eigenvalue weighted by Crippen LogP contribution is -2.19. The SMILES string of the molecule is N#Cc1ccccc1NCCC(=O)Nc1ccccc1C(F)(F)F. The molecule has 0 aliphatic carbocycles. The molecule has 0 aromatic heterocycles. The van der Waals surface area contributed by atoms with Crippen LogP contribution in [0.4, 0.5) is 24.5 Å². The molecule has 2 aromatic rings. The molecule has 0 saturated carbocycles. The number of amides is 1. The van der Waals surface area contributed by atoms with Crippen molar-refractivity contribution in [1.82, 2.24) is 0 Å². The minimum Gasteiger partial charge on any atom is -0.383 e. The summed E-state index contributed by atoms with van der Waals surface area (Å²) in [5.74, 6) is -0.548. The third-order valence-electron chi connectivity index (χ3n) is 3.22. The Morgan fingerprint density at radius 3 is 2.33 bits per heavy atom. The fourth-order valence-corrected chi connectivity index (χ4v) is 2.10. The van der Waals surface area contributed by atoms with Gasteiger partial charge in [-0.1, -0.05) is 24.3 Å². The Morgan fingerprint density at radius 1 is 1.04 bits per heavy atom. The average molecular weight is 333 g/mol. The van der Waals surface area contributed by atoms with E-state index >= 15 is 0 Å². The second kappa shape index (κ2) is 7.51. The Kier molecular flexibility index (Phi) is 5.42. The molecule has 1 amide bonds. The highest BCUT2D eigenvalue weighted by atomic mass is 19.4. The van der Waals surface area contributed by atoms with E-state index in [1.165, 1.54) is 18.2 Å². The summed E-state index contributed by atoms with van der Waals surface area (Å²) in [7, 11) is 0. The minimum absolute atomic E-state index is 0.0358. The Hall–Kier alpha value is -3.01. The van der Waals surface area contributed by atoms with Crippen LogP contribution in [0.25, 0.3) is 0 Å². The summed E-state index contributed by atoms with van der Waals surface area (Å²) in [6.07, 6.45) is -4.57. The normalized spacial score (nSPS) is 10.8. The maximum Gasteiger partial charge on any atom is 0.418 e. The molecular formula is C17H14F3N3O. The molecule has 0 fully saturated rings. The number of benzene rings is 2. The van der Waals surface area contributed by atoms with Crippen LogP contribution in [0.2, 0.25) is 0 Å².